The Morgan fingerprint density at radius 1 is 1.40 bits per heavy atom. The Bertz CT molecular complexity index is 739. The number of ether oxygens (including phenoxy) is 1. The molecule has 2 aliphatic heterocycles. The van der Waals surface area contributed by atoms with E-state index in [1.165, 1.54) is 17.3 Å². The van der Waals surface area contributed by atoms with E-state index < -0.39 is 10.0 Å². The highest BCUT2D eigenvalue weighted by Crippen LogP contribution is 2.44. The Morgan fingerprint density at radius 2 is 2.08 bits per heavy atom. The van der Waals surface area contributed by atoms with Crippen molar-refractivity contribution in [3.05, 3.63) is 12.2 Å². The minimum Gasteiger partial charge on any atom is -0.383 e. The second-order valence-electron chi connectivity index (χ2n) is 7.16. The minimum absolute atomic E-state index is 0.0827. The number of hydrogen-bond acceptors (Lipinski definition) is 6. The first-order valence-electron chi connectivity index (χ1n) is 8.35. The van der Waals surface area contributed by atoms with Crippen molar-refractivity contribution in [1.29, 1.82) is 0 Å². The second-order valence-corrected chi connectivity index (χ2v) is 9.09. The van der Waals surface area contributed by atoms with E-state index in [-0.39, 0.29) is 23.2 Å². The quantitative estimate of drug-likeness (QED) is 0.722. The van der Waals surface area contributed by atoms with Crippen molar-refractivity contribution >= 4 is 15.9 Å². The fourth-order valence-corrected chi connectivity index (χ4v) is 5.16. The molecule has 10 heteroatoms. The van der Waals surface area contributed by atoms with Crippen LogP contribution in [0.1, 0.15) is 29.9 Å². The first kappa shape index (κ1) is 18.3. The van der Waals surface area contributed by atoms with E-state index in [4.69, 9.17) is 4.74 Å². The van der Waals surface area contributed by atoms with Gasteiger partial charge in [0, 0.05) is 39.8 Å². The number of methoxy groups -OCH3 is 1. The van der Waals surface area contributed by atoms with Gasteiger partial charge >= 0.3 is 0 Å². The predicted molar refractivity (Wildman–Crippen MR) is 90.4 cm³/mol. The average molecular weight is 371 g/mol. The van der Waals surface area contributed by atoms with Gasteiger partial charge in [-0.3, -0.25) is 9.48 Å². The molecule has 1 atom stereocenters. The molecular weight excluding hydrogens is 346 g/mol. The Hall–Kier alpha value is -1.52. The van der Waals surface area contributed by atoms with Gasteiger partial charge in [-0.1, -0.05) is 0 Å². The average Bonchev–Trinajstić information content (AvgIpc) is 3.12. The summed E-state index contributed by atoms with van der Waals surface area (Å²) in [5.41, 5.74) is -0.0827. The maximum Gasteiger partial charge on any atom is 0.293 e. The van der Waals surface area contributed by atoms with Crippen LogP contribution in [0, 0.1) is 5.41 Å². The maximum atomic E-state index is 12.5. The highest BCUT2D eigenvalue weighted by atomic mass is 32.2. The summed E-state index contributed by atoms with van der Waals surface area (Å²) < 4.78 is 32.5. The lowest BCUT2D eigenvalue weighted by atomic mass is 9.76. The number of nitrogens with zero attached hydrogens (tertiary/aromatic N) is 5. The number of aryl methyl sites for hydroxylation is 1. The third-order valence-electron chi connectivity index (χ3n) is 5.25. The van der Waals surface area contributed by atoms with Crippen LogP contribution in [-0.4, -0.2) is 83.9 Å². The molecule has 0 saturated carbocycles. The monoisotopic (exact) mass is 371 g/mol. The van der Waals surface area contributed by atoms with Gasteiger partial charge in [-0.25, -0.2) is 13.4 Å². The van der Waals surface area contributed by atoms with Gasteiger partial charge in [0.05, 0.1) is 12.9 Å². The van der Waals surface area contributed by atoms with Gasteiger partial charge in [-0.15, -0.1) is 5.10 Å². The van der Waals surface area contributed by atoms with Crippen LogP contribution in [0.3, 0.4) is 0 Å². The number of carbonyl (C=O) groups excluding carboxylic acids is 1. The van der Waals surface area contributed by atoms with Crippen molar-refractivity contribution in [3.63, 3.8) is 0 Å². The molecule has 1 aromatic rings. The Morgan fingerprint density at radius 3 is 2.60 bits per heavy atom. The van der Waals surface area contributed by atoms with E-state index in [1.807, 2.05) is 0 Å². The summed E-state index contributed by atoms with van der Waals surface area (Å²) in [6.45, 7) is 2.09. The highest BCUT2D eigenvalue weighted by Gasteiger charge is 2.49. The lowest BCUT2D eigenvalue weighted by Crippen LogP contribution is -2.45. The molecule has 140 valence electrons. The molecule has 1 aromatic heterocycles. The van der Waals surface area contributed by atoms with Crippen LogP contribution in [0.4, 0.5) is 0 Å². The molecule has 0 aromatic carbocycles. The van der Waals surface area contributed by atoms with Gasteiger partial charge in [0.25, 0.3) is 5.91 Å². The van der Waals surface area contributed by atoms with Crippen molar-refractivity contribution in [1.82, 2.24) is 24.0 Å². The minimum atomic E-state index is -3.27. The van der Waals surface area contributed by atoms with Gasteiger partial charge in [-0.2, -0.15) is 4.31 Å². The summed E-state index contributed by atoms with van der Waals surface area (Å²) in [5, 5.41) is 4.07. The summed E-state index contributed by atoms with van der Waals surface area (Å²) in [6.07, 6.45) is 5.09. The number of aromatic nitrogens is 3. The largest absolute Gasteiger partial charge is 0.383 e. The third-order valence-corrected chi connectivity index (χ3v) is 6.53. The first-order chi connectivity index (χ1) is 11.7. The Kier molecular flexibility index (Phi) is 4.86. The molecule has 3 heterocycles. The van der Waals surface area contributed by atoms with Crippen LogP contribution in [0.2, 0.25) is 0 Å². The van der Waals surface area contributed by atoms with Crippen molar-refractivity contribution in [2.75, 3.05) is 39.6 Å². The number of likely N-dealkylation sites (tertiary alicyclic amines) is 1. The van der Waals surface area contributed by atoms with Crippen LogP contribution >= 0.6 is 0 Å². The van der Waals surface area contributed by atoms with E-state index in [2.05, 4.69) is 10.1 Å². The van der Waals surface area contributed by atoms with Gasteiger partial charge in [-0.05, 0) is 24.7 Å². The van der Waals surface area contributed by atoms with Gasteiger partial charge in [0.2, 0.25) is 15.8 Å². The summed E-state index contributed by atoms with van der Waals surface area (Å²) >= 11 is 0. The van der Waals surface area contributed by atoms with E-state index in [0.29, 0.717) is 26.2 Å². The van der Waals surface area contributed by atoms with Crippen molar-refractivity contribution in [3.8, 4) is 0 Å². The Balaban J connectivity index is 1.68. The van der Waals surface area contributed by atoms with Crippen molar-refractivity contribution in [2.24, 2.45) is 12.5 Å². The SMILES string of the molecule is COC[C@H]1CC2(CCN(C(=O)c3ncn(C)n3)CC2)CN1S(C)(=O)=O. The number of rotatable bonds is 4. The fraction of sp³-hybridized carbons (Fsp3) is 0.800. The van der Waals surface area contributed by atoms with Crippen LogP contribution in [-0.2, 0) is 21.8 Å². The molecule has 9 nitrogen and oxygen atoms in total. The van der Waals surface area contributed by atoms with Gasteiger partial charge in [0.1, 0.15) is 6.33 Å². The van der Waals surface area contributed by atoms with Crippen LogP contribution in [0.15, 0.2) is 6.33 Å². The number of amides is 1. The molecule has 25 heavy (non-hydrogen) atoms. The Labute approximate surface area is 148 Å². The summed E-state index contributed by atoms with van der Waals surface area (Å²) in [7, 11) is 0.0460. The number of sulfonamides is 1. The van der Waals surface area contributed by atoms with Crippen LogP contribution < -0.4 is 0 Å². The predicted octanol–water partition coefficient (Wildman–Crippen LogP) is -0.282. The number of hydrogen-bond donors (Lipinski definition) is 0. The number of piperidine rings is 1. The van der Waals surface area contributed by atoms with E-state index in [9.17, 15) is 13.2 Å². The molecule has 1 amide bonds. The second kappa shape index (κ2) is 6.65. The smallest absolute Gasteiger partial charge is 0.293 e. The summed E-state index contributed by atoms with van der Waals surface area (Å²) in [6, 6.07) is -0.125. The van der Waals surface area contributed by atoms with Crippen molar-refractivity contribution < 1.29 is 17.9 Å². The van der Waals surface area contributed by atoms with Gasteiger partial charge < -0.3 is 9.64 Å². The summed E-state index contributed by atoms with van der Waals surface area (Å²) in [5.74, 6) is 0.0433. The first-order valence-corrected chi connectivity index (χ1v) is 10.2. The molecule has 2 fully saturated rings. The zero-order chi connectivity index (χ0) is 18.2. The topological polar surface area (TPSA) is 97.6 Å². The lowest BCUT2D eigenvalue weighted by Gasteiger charge is -2.38. The normalized spacial score (nSPS) is 24.1. The molecule has 0 N–H and O–H groups in total. The van der Waals surface area contributed by atoms with E-state index in [0.717, 1.165) is 19.3 Å². The third kappa shape index (κ3) is 3.70. The van der Waals surface area contributed by atoms with Crippen molar-refractivity contribution in [2.45, 2.75) is 25.3 Å². The van der Waals surface area contributed by atoms with Crippen LogP contribution in [0.25, 0.3) is 0 Å². The molecule has 2 saturated heterocycles. The molecule has 0 unspecified atom stereocenters. The van der Waals surface area contributed by atoms with Crippen LogP contribution in [0.5, 0.6) is 0 Å². The molecule has 0 radical (unpaired) electrons. The fourth-order valence-electron chi connectivity index (χ4n) is 3.97. The molecule has 2 aliphatic rings. The van der Waals surface area contributed by atoms with E-state index in [1.54, 1.807) is 23.4 Å². The molecular formula is C15H25N5O4S. The highest BCUT2D eigenvalue weighted by molar-refractivity contribution is 7.88. The molecule has 0 aliphatic carbocycles. The molecule has 1 spiro atoms. The standard InChI is InChI=1S/C15H25N5O4S/c1-18-11-16-13(17-18)14(21)19-6-4-15(5-7-19)8-12(9-24-2)20(10-15)25(3,22)23/h11-12H,4-10H2,1-3H3/t12-/m1/s1. The molecule has 3 rings (SSSR count). The van der Waals surface area contributed by atoms with E-state index >= 15 is 0 Å². The lowest BCUT2D eigenvalue weighted by molar-refractivity contribution is 0.0583. The maximum absolute atomic E-state index is 12.5. The van der Waals surface area contributed by atoms with Gasteiger partial charge in [0.15, 0.2) is 0 Å². The number of carbonyl (C=O) groups is 1. The summed E-state index contributed by atoms with van der Waals surface area (Å²) in [4.78, 5) is 18.2. The molecule has 0 bridgehead atoms. The zero-order valence-corrected chi connectivity index (χ0v) is 15.7. The zero-order valence-electron chi connectivity index (χ0n) is 14.9.